The molecule has 0 aliphatic carbocycles. The number of benzene rings is 2. The molecule has 1 aromatic heterocycles. The minimum absolute atomic E-state index is 0.256. The molecule has 134 valence electrons. The molecule has 1 aliphatic heterocycles. The van der Waals surface area contributed by atoms with Crippen molar-refractivity contribution in [1.82, 2.24) is 9.88 Å². The van der Waals surface area contributed by atoms with Gasteiger partial charge in [-0.15, -0.1) is 0 Å². The molecule has 0 N–H and O–H groups in total. The Kier molecular flexibility index (Phi) is 4.65. The van der Waals surface area contributed by atoms with Gasteiger partial charge in [0, 0.05) is 38.5 Å². The van der Waals surface area contributed by atoms with Crippen LogP contribution in [0.5, 0.6) is 0 Å². The van der Waals surface area contributed by atoms with Gasteiger partial charge in [0.2, 0.25) is 5.13 Å². The first-order valence-corrected chi connectivity index (χ1v) is 9.23. The van der Waals surface area contributed by atoms with Crippen LogP contribution in [0.2, 0.25) is 0 Å². The maximum atomic E-state index is 14.5. The minimum Gasteiger partial charge on any atom is -0.367 e. The molecule has 0 unspecified atom stereocenters. The van der Waals surface area contributed by atoms with Crippen LogP contribution >= 0.6 is 11.3 Å². The molecule has 26 heavy (non-hydrogen) atoms. The fourth-order valence-electron chi connectivity index (χ4n) is 2.99. The summed E-state index contributed by atoms with van der Waals surface area (Å²) >= 11 is 1.40. The number of fused-ring (bicyclic) bond motifs is 1. The molecule has 0 amide bonds. The van der Waals surface area contributed by atoms with E-state index in [9.17, 15) is 8.78 Å². The van der Waals surface area contributed by atoms with Crippen LogP contribution in [-0.2, 0) is 0 Å². The highest BCUT2D eigenvalue weighted by molar-refractivity contribution is 7.22. The van der Waals surface area contributed by atoms with Crippen molar-refractivity contribution in [3.8, 4) is 0 Å². The molecule has 0 atom stereocenters. The van der Waals surface area contributed by atoms with Crippen LogP contribution < -0.4 is 4.90 Å². The standard InChI is InChI=1S/C19H18F2N4S/c1-24-5-7-25(8-6-24)17-11-18-16(10-15(17)21)23-19(26-18)22-12-13-3-2-4-14(20)9-13/h2-4,9-12H,5-8H2,1H3/b22-12+. The Hall–Kier alpha value is -2.38. The first-order valence-electron chi connectivity index (χ1n) is 8.42. The zero-order chi connectivity index (χ0) is 18.1. The minimum atomic E-state index is -0.308. The van der Waals surface area contributed by atoms with E-state index in [2.05, 4.69) is 26.8 Å². The van der Waals surface area contributed by atoms with Crippen molar-refractivity contribution in [1.29, 1.82) is 0 Å². The van der Waals surface area contributed by atoms with Gasteiger partial charge in [0.25, 0.3) is 0 Å². The highest BCUT2D eigenvalue weighted by Gasteiger charge is 2.19. The molecule has 7 heteroatoms. The molecule has 1 aliphatic rings. The first-order chi connectivity index (χ1) is 12.6. The summed E-state index contributed by atoms with van der Waals surface area (Å²) in [5.74, 6) is -0.565. The molecule has 4 nitrogen and oxygen atoms in total. The van der Waals surface area contributed by atoms with Crippen molar-refractivity contribution in [3.63, 3.8) is 0 Å². The Bertz CT molecular complexity index is 961. The van der Waals surface area contributed by atoms with Crippen LogP contribution in [0.25, 0.3) is 10.2 Å². The van der Waals surface area contributed by atoms with Crippen molar-refractivity contribution >= 4 is 38.6 Å². The van der Waals surface area contributed by atoms with E-state index in [0.717, 1.165) is 30.9 Å². The summed E-state index contributed by atoms with van der Waals surface area (Å²) in [6.45, 7) is 3.46. The summed E-state index contributed by atoms with van der Waals surface area (Å²) in [6, 6.07) is 9.52. The fourth-order valence-corrected chi connectivity index (χ4v) is 3.81. The Labute approximate surface area is 154 Å². The summed E-state index contributed by atoms with van der Waals surface area (Å²) in [6.07, 6.45) is 1.57. The Balaban J connectivity index is 1.61. The van der Waals surface area contributed by atoms with E-state index in [-0.39, 0.29) is 11.6 Å². The Morgan fingerprint density at radius 1 is 1.12 bits per heavy atom. The second kappa shape index (κ2) is 7.09. The van der Waals surface area contributed by atoms with E-state index in [1.165, 1.54) is 29.5 Å². The number of likely N-dealkylation sites (N-methyl/N-ethyl adjacent to an activating group) is 1. The average Bonchev–Trinajstić information content (AvgIpc) is 3.02. The van der Waals surface area contributed by atoms with Crippen molar-refractivity contribution in [2.45, 2.75) is 0 Å². The first kappa shape index (κ1) is 17.1. The molecule has 0 spiro atoms. The topological polar surface area (TPSA) is 31.7 Å². The molecule has 0 saturated carbocycles. The number of rotatable bonds is 3. The van der Waals surface area contributed by atoms with Gasteiger partial charge in [-0.05, 0) is 30.8 Å². The summed E-state index contributed by atoms with van der Waals surface area (Å²) in [4.78, 5) is 13.0. The number of hydrogen-bond donors (Lipinski definition) is 0. The molecule has 2 heterocycles. The summed E-state index contributed by atoms with van der Waals surface area (Å²) < 4.78 is 28.7. The van der Waals surface area contributed by atoms with E-state index >= 15 is 0 Å². The predicted molar refractivity (Wildman–Crippen MR) is 103 cm³/mol. The molecule has 1 fully saturated rings. The van der Waals surface area contributed by atoms with Crippen LogP contribution in [0.15, 0.2) is 41.4 Å². The summed E-state index contributed by atoms with van der Waals surface area (Å²) in [5, 5.41) is 0.527. The van der Waals surface area contributed by atoms with E-state index in [0.29, 0.717) is 21.9 Å². The third-order valence-electron chi connectivity index (χ3n) is 4.46. The molecule has 4 rings (SSSR count). The van der Waals surface area contributed by atoms with Crippen LogP contribution in [0, 0.1) is 11.6 Å². The monoisotopic (exact) mass is 372 g/mol. The number of piperazine rings is 1. The lowest BCUT2D eigenvalue weighted by Gasteiger charge is -2.34. The van der Waals surface area contributed by atoms with Crippen molar-refractivity contribution in [2.24, 2.45) is 4.99 Å². The summed E-state index contributed by atoms with van der Waals surface area (Å²) in [7, 11) is 2.07. The van der Waals surface area contributed by atoms with Crippen LogP contribution in [0.1, 0.15) is 5.56 Å². The number of hydrogen-bond acceptors (Lipinski definition) is 5. The normalized spacial score (nSPS) is 16.0. The van der Waals surface area contributed by atoms with Crippen LogP contribution in [-0.4, -0.2) is 49.3 Å². The van der Waals surface area contributed by atoms with Gasteiger partial charge in [0.15, 0.2) is 0 Å². The lowest BCUT2D eigenvalue weighted by atomic mass is 10.2. The summed E-state index contributed by atoms with van der Waals surface area (Å²) in [5.41, 5.74) is 1.88. The fraction of sp³-hybridized carbons (Fsp3) is 0.263. The quantitative estimate of drug-likeness (QED) is 0.650. The Morgan fingerprint density at radius 3 is 2.69 bits per heavy atom. The maximum absolute atomic E-state index is 14.5. The zero-order valence-corrected chi connectivity index (χ0v) is 15.1. The van der Waals surface area contributed by atoms with Gasteiger partial charge in [-0.1, -0.05) is 23.5 Å². The van der Waals surface area contributed by atoms with Gasteiger partial charge in [-0.3, -0.25) is 0 Å². The highest BCUT2D eigenvalue weighted by atomic mass is 32.1. The number of aliphatic imine (C=N–C) groups is 1. The number of thiazole rings is 1. The molecule has 1 saturated heterocycles. The third kappa shape index (κ3) is 3.59. The van der Waals surface area contributed by atoms with Gasteiger partial charge < -0.3 is 9.80 Å². The van der Waals surface area contributed by atoms with Crippen molar-refractivity contribution in [2.75, 3.05) is 38.1 Å². The molecule has 2 aromatic carbocycles. The van der Waals surface area contributed by atoms with Crippen molar-refractivity contribution < 1.29 is 8.78 Å². The number of anilines is 1. The molecular weight excluding hydrogens is 354 g/mol. The van der Waals surface area contributed by atoms with Gasteiger partial charge >= 0.3 is 0 Å². The SMILES string of the molecule is CN1CCN(c2cc3sc(/N=C/c4cccc(F)c4)nc3cc2F)CC1. The van der Waals surface area contributed by atoms with E-state index < -0.39 is 0 Å². The number of nitrogens with zero attached hydrogens (tertiary/aromatic N) is 4. The second-order valence-electron chi connectivity index (χ2n) is 6.37. The maximum Gasteiger partial charge on any atom is 0.210 e. The highest BCUT2D eigenvalue weighted by Crippen LogP contribution is 2.33. The van der Waals surface area contributed by atoms with Gasteiger partial charge in [-0.25, -0.2) is 18.8 Å². The van der Waals surface area contributed by atoms with Gasteiger partial charge in [0.1, 0.15) is 11.6 Å². The lowest BCUT2D eigenvalue weighted by molar-refractivity contribution is 0.312. The van der Waals surface area contributed by atoms with Crippen LogP contribution in [0.3, 0.4) is 0 Å². The molecule has 0 radical (unpaired) electrons. The molecule has 0 bridgehead atoms. The number of aromatic nitrogens is 1. The van der Waals surface area contributed by atoms with E-state index in [4.69, 9.17) is 0 Å². The lowest BCUT2D eigenvalue weighted by Crippen LogP contribution is -2.44. The smallest absolute Gasteiger partial charge is 0.210 e. The van der Waals surface area contributed by atoms with Crippen molar-refractivity contribution in [3.05, 3.63) is 53.6 Å². The van der Waals surface area contributed by atoms with Gasteiger partial charge in [-0.2, -0.15) is 0 Å². The second-order valence-corrected chi connectivity index (χ2v) is 7.38. The molecular formula is C19H18F2N4S. The number of halogens is 2. The van der Waals surface area contributed by atoms with Crippen LogP contribution in [0.4, 0.5) is 19.6 Å². The third-order valence-corrected chi connectivity index (χ3v) is 5.39. The predicted octanol–water partition coefficient (Wildman–Crippen LogP) is 4.08. The zero-order valence-electron chi connectivity index (χ0n) is 14.3. The molecule has 3 aromatic rings. The van der Waals surface area contributed by atoms with Gasteiger partial charge in [0.05, 0.1) is 15.9 Å². The van der Waals surface area contributed by atoms with E-state index in [1.54, 1.807) is 18.3 Å². The average molecular weight is 372 g/mol. The van der Waals surface area contributed by atoms with E-state index in [1.807, 2.05) is 6.07 Å². The Morgan fingerprint density at radius 2 is 1.92 bits per heavy atom. The largest absolute Gasteiger partial charge is 0.367 e.